The number of nitrogens with two attached hydrogens (primary N) is 2. The summed E-state index contributed by atoms with van der Waals surface area (Å²) in [6.45, 7) is 0.512. The molecule has 8 heteroatoms. The lowest BCUT2D eigenvalue weighted by molar-refractivity contribution is -0.604. The highest BCUT2D eigenvalue weighted by atomic mass is 35.5. The molecule has 3 aromatic rings. The molecule has 0 unspecified atom stereocenters. The molecular formula is C22H24ClN5O2. The normalized spacial score (nSPS) is 21.5. The molecule has 0 amide bonds. The summed E-state index contributed by atoms with van der Waals surface area (Å²) in [5.41, 5.74) is 14.1. The maximum absolute atomic E-state index is 12.7. The van der Waals surface area contributed by atoms with E-state index in [0.29, 0.717) is 27.6 Å². The molecule has 0 bridgehead atoms. The summed E-state index contributed by atoms with van der Waals surface area (Å²) in [4.78, 5) is 12.7. The number of rotatable bonds is 4. The first-order chi connectivity index (χ1) is 14.4. The van der Waals surface area contributed by atoms with E-state index in [4.69, 9.17) is 23.1 Å². The van der Waals surface area contributed by atoms with Crippen LogP contribution in [0.3, 0.4) is 0 Å². The molecule has 4 N–H and O–H groups in total. The minimum absolute atomic E-state index is 0.0818. The first kappa shape index (κ1) is 20.4. The Morgan fingerprint density at radius 2 is 2.00 bits per heavy atom. The topological polar surface area (TPSA) is 114 Å². The van der Waals surface area contributed by atoms with Gasteiger partial charge in [-0.2, -0.15) is 9.83 Å². The average molecular weight is 426 g/mol. The zero-order valence-corrected chi connectivity index (χ0v) is 17.3. The highest BCUT2D eigenvalue weighted by Crippen LogP contribution is 2.42. The number of hydrogen-bond acceptors (Lipinski definition) is 5. The van der Waals surface area contributed by atoms with Crippen molar-refractivity contribution in [1.29, 1.82) is 0 Å². The largest absolute Gasteiger partial charge is 0.619 e. The molecule has 1 aromatic carbocycles. The van der Waals surface area contributed by atoms with Gasteiger partial charge in [-0.15, -0.1) is 0 Å². The number of aromatic nitrogens is 3. The molecule has 156 valence electrons. The number of hydrogen-bond donors (Lipinski definition) is 2. The first-order valence-electron chi connectivity index (χ1n) is 9.96. The first-order valence-corrected chi connectivity index (χ1v) is 10.3. The minimum atomic E-state index is -0.308. The van der Waals surface area contributed by atoms with Gasteiger partial charge < -0.3 is 16.7 Å². The highest BCUT2D eigenvalue weighted by molar-refractivity contribution is 6.30. The van der Waals surface area contributed by atoms with Gasteiger partial charge in [-0.25, -0.2) is 4.68 Å². The van der Waals surface area contributed by atoms with Crippen LogP contribution in [0.15, 0.2) is 59.7 Å². The molecule has 0 saturated heterocycles. The van der Waals surface area contributed by atoms with E-state index in [1.54, 1.807) is 12.1 Å². The van der Waals surface area contributed by atoms with Crippen molar-refractivity contribution in [3.63, 3.8) is 0 Å². The van der Waals surface area contributed by atoms with Gasteiger partial charge in [-0.05, 0) is 55.5 Å². The van der Waals surface area contributed by atoms with Crippen molar-refractivity contribution >= 4 is 17.3 Å². The van der Waals surface area contributed by atoms with Crippen LogP contribution in [-0.4, -0.2) is 16.3 Å². The van der Waals surface area contributed by atoms with Crippen LogP contribution in [0.1, 0.15) is 37.3 Å². The molecule has 0 spiro atoms. The molecule has 0 radical (unpaired) electrons. The zero-order valence-electron chi connectivity index (χ0n) is 16.5. The molecule has 1 saturated carbocycles. The van der Waals surface area contributed by atoms with Crippen LogP contribution in [0, 0.1) is 5.21 Å². The Kier molecular flexibility index (Phi) is 5.49. The van der Waals surface area contributed by atoms with E-state index >= 15 is 0 Å². The molecule has 7 nitrogen and oxygen atoms in total. The van der Waals surface area contributed by atoms with Gasteiger partial charge in [0.2, 0.25) is 0 Å². The Labute approximate surface area is 179 Å². The molecule has 1 fully saturated rings. The van der Waals surface area contributed by atoms with E-state index in [9.17, 15) is 10.0 Å². The predicted molar refractivity (Wildman–Crippen MR) is 117 cm³/mol. The second kappa shape index (κ2) is 8.08. The summed E-state index contributed by atoms with van der Waals surface area (Å²) in [6, 6.07) is 12.7. The van der Waals surface area contributed by atoms with Crippen LogP contribution in [0.2, 0.25) is 5.02 Å². The summed E-state index contributed by atoms with van der Waals surface area (Å²) in [7, 11) is 0. The van der Waals surface area contributed by atoms with E-state index in [2.05, 4.69) is 11.2 Å². The van der Waals surface area contributed by atoms with Gasteiger partial charge in [-0.3, -0.25) is 4.79 Å². The Bertz CT molecular complexity index is 1120. The van der Waals surface area contributed by atoms with Crippen LogP contribution in [-0.2, 0) is 5.41 Å². The lowest BCUT2D eigenvalue weighted by Crippen LogP contribution is -2.41. The molecule has 30 heavy (non-hydrogen) atoms. The summed E-state index contributed by atoms with van der Waals surface area (Å²) in [5.74, 6) is 0. The monoisotopic (exact) mass is 425 g/mol. The van der Waals surface area contributed by atoms with Crippen molar-refractivity contribution in [2.24, 2.45) is 5.73 Å². The van der Waals surface area contributed by atoms with Gasteiger partial charge >= 0.3 is 0 Å². The SMILES string of the molecule is NC[C@]1(c2cccc(Cl)c2)CC[C@H](n2nc(-c3ccc[n+]([O-])c3)cc(N)c2=O)CC1. The Morgan fingerprint density at radius 3 is 2.67 bits per heavy atom. The van der Waals surface area contributed by atoms with E-state index < -0.39 is 0 Å². The van der Waals surface area contributed by atoms with Crippen molar-refractivity contribution in [1.82, 2.24) is 9.78 Å². The predicted octanol–water partition coefficient (Wildman–Crippen LogP) is 2.79. The second-order valence-electron chi connectivity index (χ2n) is 7.91. The van der Waals surface area contributed by atoms with Crippen molar-refractivity contribution < 1.29 is 4.73 Å². The van der Waals surface area contributed by atoms with Gasteiger partial charge in [0.15, 0.2) is 12.4 Å². The van der Waals surface area contributed by atoms with E-state index in [1.807, 2.05) is 18.2 Å². The molecule has 2 heterocycles. The summed E-state index contributed by atoms with van der Waals surface area (Å²) < 4.78 is 2.18. The Balaban J connectivity index is 1.64. The number of nitrogens with zero attached hydrogens (tertiary/aromatic N) is 3. The van der Waals surface area contributed by atoms with Crippen molar-refractivity contribution in [3.8, 4) is 11.3 Å². The average Bonchev–Trinajstić information content (AvgIpc) is 2.76. The fourth-order valence-corrected chi connectivity index (χ4v) is 4.55. The molecule has 1 aliphatic rings. The molecule has 2 aromatic heterocycles. The van der Waals surface area contributed by atoms with Crippen LogP contribution in [0.5, 0.6) is 0 Å². The lowest BCUT2D eigenvalue weighted by atomic mass is 9.68. The van der Waals surface area contributed by atoms with Crippen LogP contribution in [0.25, 0.3) is 11.3 Å². The van der Waals surface area contributed by atoms with Crippen molar-refractivity contribution in [3.05, 3.63) is 81.0 Å². The molecule has 4 rings (SSSR count). The maximum atomic E-state index is 12.7. The van der Waals surface area contributed by atoms with Gasteiger partial charge in [0, 0.05) is 23.0 Å². The summed E-state index contributed by atoms with van der Waals surface area (Å²) >= 11 is 6.20. The maximum Gasteiger partial charge on any atom is 0.290 e. The fourth-order valence-electron chi connectivity index (χ4n) is 4.36. The van der Waals surface area contributed by atoms with Gasteiger partial charge in [0.1, 0.15) is 5.69 Å². The van der Waals surface area contributed by atoms with E-state index in [0.717, 1.165) is 31.2 Å². The zero-order chi connectivity index (χ0) is 21.3. The summed E-state index contributed by atoms with van der Waals surface area (Å²) in [5, 5.41) is 16.9. The fraction of sp³-hybridized carbons (Fsp3) is 0.318. The highest BCUT2D eigenvalue weighted by Gasteiger charge is 2.37. The van der Waals surface area contributed by atoms with Crippen LogP contribution >= 0.6 is 11.6 Å². The van der Waals surface area contributed by atoms with E-state index in [1.165, 1.54) is 23.1 Å². The molecular weight excluding hydrogens is 402 g/mol. The molecule has 1 aliphatic carbocycles. The second-order valence-corrected chi connectivity index (χ2v) is 8.35. The van der Waals surface area contributed by atoms with E-state index in [-0.39, 0.29) is 22.7 Å². The molecule has 0 atom stereocenters. The standard InChI is InChI=1S/C22H24ClN5O2/c23-17-5-1-4-16(11-17)22(14-24)8-6-18(7-9-22)28-21(29)19(25)12-20(26-28)15-3-2-10-27(30)13-15/h1-5,10-13,18H,6-9,14,24-25H2/t18-,22-. The number of nitrogen functional groups attached to an aromatic ring is 1. The minimum Gasteiger partial charge on any atom is -0.619 e. The van der Waals surface area contributed by atoms with Gasteiger partial charge in [0.25, 0.3) is 5.56 Å². The van der Waals surface area contributed by atoms with Crippen LogP contribution < -0.4 is 21.8 Å². The number of halogens is 1. The third-order valence-electron chi connectivity index (χ3n) is 6.12. The van der Waals surface area contributed by atoms with Crippen molar-refractivity contribution in [2.75, 3.05) is 12.3 Å². The third-order valence-corrected chi connectivity index (χ3v) is 6.35. The number of benzene rings is 1. The van der Waals surface area contributed by atoms with Crippen LogP contribution in [0.4, 0.5) is 5.69 Å². The quantitative estimate of drug-likeness (QED) is 0.492. The smallest absolute Gasteiger partial charge is 0.290 e. The number of pyridine rings is 1. The van der Waals surface area contributed by atoms with Crippen molar-refractivity contribution in [2.45, 2.75) is 37.1 Å². The Morgan fingerprint density at radius 1 is 1.23 bits per heavy atom. The summed E-state index contributed by atoms with van der Waals surface area (Å²) in [6.07, 6.45) is 5.94. The Hall–Kier alpha value is -2.90. The lowest BCUT2D eigenvalue weighted by Gasteiger charge is -2.40. The third kappa shape index (κ3) is 3.78. The number of anilines is 1. The van der Waals surface area contributed by atoms with Gasteiger partial charge in [0.05, 0.1) is 17.3 Å². The van der Waals surface area contributed by atoms with Gasteiger partial charge in [-0.1, -0.05) is 23.7 Å². The molecule has 0 aliphatic heterocycles.